The molecule has 0 amide bonds. The van der Waals surface area contributed by atoms with Gasteiger partial charge in [-0.15, -0.1) is 0 Å². The third kappa shape index (κ3) is 7.21. The Kier molecular flexibility index (Phi) is 7.86. The predicted octanol–water partition coefficient (Wildman–Crippen LogP) is 6.81. The number of nitrogens with one attached hydrogen (secondary N) is 2. The van der Waals surface area contributed by atoms with Crippen molar-refractivity contribution in [3.05, 3.63) is 88.0 Å². The van der Waals surface area contributed by atoms with E-state index in [1.54, 1.807) is 0 Å². The summed E-state index contributed by atoms with van der Waals surface area (Å²) in [6, 6.07) is 9.29. The summed E-state index contributed by atoms with van der Waals surface area (Å²) >= 11 is 0. The molecule has 0 aliphatic heterocycles. The number of nitrogens with two attached hydrogens (primary N) is 2. The molecule has 3 rings (SSSR count). The Morgan fingerprint density at radius 1 is 0.514 bits per heavy atom. The van der Waals surface area contributed by atoms with Crippen molar-refractivity contribution in [1.29, 1.82) is 0 Å². The largest absolute Gasteiger partial charge is 0.416 e. The lowest BCUT2D eigenvalue weighted by atomic mass is 10.0. The fourth-order valence-corrected chi connectivity index (χ4v) is 3.66. The van der Waals surface area contributed by atoms with Gasteiger partial charge in [0.05, 0.1) is 16.7 Å². The maximum Gasteiger partial charge on any atom is 0.416 e. The standard InChI is InChI=1S/C24H21F9N4/c25-22(26,27)19-7-16(34)4-1-13(19)10-36-11-14-3-6-18(9-21(14)24(31,32)33)37-12-15-2-5-17(35)8-20(15)23(28,29)30/h1-9,36-37H,10-12,34-35H2. The predicted molar refractivity (Wildman–Crippen MR) is 121 cm³/mol. The molecule has 200 valence electrons. The molecule has 0 radical (unpaired) electrons. The molecule has 0 bridgehead atoms. The monoisotopic (exact) mass is 536 g/mol. The second kappa shape index (κ2) is 10.4. The number of rotatable bonds is 7. The van der Waals surface area contributed by atoms with E-state index in [0.29, 0.717) is 0 Å². The lowest BCUT2D eigenvalue weighted by Crippen LogP contribution is -2.20. The smallest absolute Gasteiger partial charge is 0.399 e. The van der Waals surface area contributed by atoms with Gasteiger partial charge < -0.3 is 22.1 Å². The number of halogens is 9. The minimum absolute atomic E-state index is 0.0982. The lowest BCUT2D eigenvalue weighted by Gasteiger charge is -2.18. The van der Waals surface area contributed by atoms with Crippen molar-refractivity contribution < 1.29 is 39.5 Å². The van der Waals surface area contributed by atoms with Gasteiger partial charge in [-0.2, -0.15) is 39.5 Å². The topological polar surface area (TPSA) is 76.1 Å². The summed E-state index contributed by atoms with van der Waals surface area (Å²) in [5, 5.41) is 5.12. The van der Waals surface area contributed by atoms with E-state index >= 15 is 0 Å². The highest BCUT2D eigenvalue weighted by Crippen LogP contribution is 2.36. The van der Waals surface area contributed by atoms with E-state index in [-0.39, 0.29) is 40.3 Å². The van der Waals surface area contributed by atoms with Crippen LogP contribution in [0.25, 0.3) is 0 Å². The molecule has 0 fully saturated rings. The zero-order chi connectivity index (χ0) is 27.6. The fraction of sp³-hybridized carbons (Fsp3) is 0.250. The first-order valence-electron chi connectivity index (χ1n) is 10.6. The van der Waals surface area contributed by atoms with Crippen LogP contribution in [0.5, 0.6) is 0 Å². The van der Waals surface area contributed by atoms with Gasteiger partial charge in [-0.05, 0) is 53.1 Å². The highest BCUT2D eigenvalue weighted by molar-refractivity contribution is 5.52. The van der Waals surface area contributed by atoms with Crippen molar-refractivity contribution in [2.45, 2.75) is 38.2 Å². The summed E-state index contributed by atoms with van der Waals surface area (Å²) in [5.74, 6) is 0. The molecule has 0 aliphatic rings. The number of anilines is 3. The molecule has 0 unspecified atom stereocenters. The molecule has 0 heterocycles. The summed E-state index contributed by atoms with van der Waals surface area (Å²) in [7, 11) is 0. The van der Waals surface area contributed by atoms with Gasteiger partial charge in [-0.1, -0.05) is 18.2 Å². The average Bonchev–Trinajstić information content (AvgIpc) is 2.77. The third-order valence-corrected chi connectivity index (χ3v) is 5.41. The van der Waals surface area contributed by atoms with E-state index in [9.17, 15) is 39.5 Å². The van der Waals surface area contributed by atoms with Crippen LogP contribution in [0.4, 0.5) is 56.6 Å². The molecule has 13 heteroatoms. The van der Waals surface area contributed by atoms with Crippen molar-refractivity contribution in [1.82, 2.24) is 5.32 Å². The molecule has 0 spiro atoms. The maximum absolute atomic E-state index is 13.7. The van der Waals surface area contributed by atoms with Gasteiger partial charge in [0, 0.05) is 36.7 Å². The van der Waals surface area contributed by atoms with Gasteiger partial charge in [-0.25, -0.2) is 0 Å². The van der Waals surface area contributed by atoms with E-state index in [0.717, 1.165) is 36.4 Å². The van der Waals surface area contributed by atoms with Gasteiger partial charge in [0.25, 0.3) is 0 Å². The highest BCUT2D eigenvalue weighted by atomic mass is 19.4. The van der Waals surface area contributed by atoms with Gasteiger partial charge >= 0.3 is 18.5 Å². The SMILES string of the molecule is Nc1ccc(CNCc2ccc(NCc3ccc(N)cc3C(F)(F)F)cc2C(F)(F)F)c(C(F)(F)F)c1. The molecule has 0 saturated carbocycles. The number of hydrogen-bond donors (Lipinski definition) is 4. The van der Waals surface area contributed by atoms with Crippen LogP contribution in [0.2, 0.25) is 0 Å². The zero-order valence-corrected chi connectivity index (χ0v) is 18.9. The Hall–Kier alpha value is -3.61. The second-order valence-electron chi connectivity index (χ2n) is 8.16. The molecule has 0 atom stereocenters. The Labute approximate surface area is 205 Å². The molecular weight excluding hydrogens is 515 g/mol. The number of nitrogen functional groups attached to an aromatic ring is 2. The van der Waals surface area contributed by atoms with E-state index in [1.165, 1.54) is 18.2 Å². The quantitative estimate of drug-likeness (QED) is 0.198. The van der Waals surface area contributed by atoms with Crippen LogP contribution in [0, 0.1) is 0 Å². The van der Waals surface area contributed by atoms with Crippen LogP contribution in [0.3, 0.4) is 0 Å². The molecule has 4 nitrogen and oxygen atoms in total. The zero-order valence-electron chi connectivity index (χ0n) is 18.9. The number of alkyl halides is 9. The Morgan fingerprint density at radius 2 is 0.892 bits per heavy atom. The van der Waals surface area contributed by atoms with Crippen molar-refractivity contribution in [3.63, 3.8) is 0 Å². The van der Waals surface area contributed by atoms with Crippen LogP contribution >= 0.6 is 0 Å². The van der Waals surface area contributed by atoms with Gasteiger partial charge in [-0.3, -0.25) is 0 Å². The summed E-state index contributed by atoms with van der Waals surface area (Å²) in [4.78, 5) is 0. The third-order valence-electron chi connectivity index (χ3n) is 5.41. The van der Waals surface area contributed by atoms with E-state index in [1.807, 2.05) is 0 Å². The summed E-state index contributed by atoms with van der Waals surface area (Å²) in [5.41, 5.74) is 6.72. The molecule has 0 saturated heterocycles. The second-order valence-corrected chi connectivity index (χ2v) is 8.16. The molecule has 0 aromatic heterocycles. The Morgan fingerprint density at radius 3 is 1.32 bits per heavy atom. The molecule has 0 aliphatic carbocycles. The van der Waals surface area contributed by atoms with Crippen molar-refractivity contribution in [2.75, 3.05) is 16.8 Å². The van der Waals surface area contributed by atoms with Gasteiger partial charge in [0.15, 0.2) is 0 Å². The van der Waals surface area contributed by atoms with E-state index in [4.69, 9.17) is 11.5 Å². The molecule has 6 N–H and O–H groups in total. The average molecular weight is 536 g/mol. The highest BCUT2D eigenvalue weighted by Gasteiger charge is 2.35. The minimum Gasteiger partial charge on any atom is -0.399 e. The van der Waals surface area contributed by atoms with Crippen molar-refractivity contribution in [3.8, 4) is 0 Å². The lowest BCUT2D eigenvalue weighted by molar-refractivity contribution is -0.139. The number of hydrogen-bond acceptors (Lipinski definition) is 4. The molecule has 3 aromatic carbocycles. The maximum atomic E-state index is 13.7. The molecular formula is C24H21F9N4. The summed E-state index contributed by atoms with van der Waals surface area (Å²) in [6.45, 7) is -1.24. The van der Waals surface area contributed by atoms with Gasteiger partial charge in [0.2, 0.25) is 0 Å². The molecule has 3 aromatic rings. The Bertz CT molecular complexity index is 1250. The van der Waals surface area contributed by atoms with E-state index < -0.39 is 48.3 Å². The van der Waals surface area contributed by atoms with Crippen molar-refractivity contribution in [2.24, 2.45) is 0 Å². The van der Waals surface area contributed by atoms with Crippen LogP contribution in [-0.2, 0) is 38.2 Å². The minimum atomic E-state index is -4.83. The first-order valence-corrected chi connectivity index (χ1v) is 10.6. The first-order chi connectivity index (χ1) is 17.1. The van der Waals surface area contributed by atoms with Gasteiger partial charge in [0.1, 0.15) is 0 Å². The number of benzene rings is 3. The normalized spacial score (nSPS) is 12.6. The fourth-order valence-electron chi connectivity index (χ4n) is 3.66. The van der Waals surface area contributed by atoms with E-state index in [2.05, 4.69) is 10.6 Å². The molecule has 37 heavy (non-hydrogen) atoms. The first kappa shape index (κ1) is 28.0. The van der Waals surface area contributed by atoms with Crippen LogP contribution in [-0.4, -0.2) is 0 Å². The Balaban J connectivity index is 1.77. The van der Waals surface area contributed by atoms with Crippen LogP contribution < -0.4 is 22.1 Å². The van der Waals surface area contributed by atoms with Crippen molar-refractivity contribution >= 4 is 17.1 Å². The summed E-state index contributed by atoms with van der Waals surface area (Å²) < 4.78 is 121. The van der Waals surface area contributed by atoms with Crippen LogP contribution in [0.1, 0.15) is 33.4 Å². The van der Waals surface area contributed by atoms with Crippen LogP contribution in [0.15, 0.2) is 54.6 Å². The summed E-state index contributed by atoms with van der Waals surface area (Å²) in [6.07, 6.45) is -14.2.